The van der Waals surface area contributed by atoms with Crippen molar-refractivity contribution >= 4 is 40.5 Å². The van der Waals surface area contributed by atoms with Crippen LogP contribution in [0.5, 0.6) is 11.5 Å². The van der Waals surface area contributed by atoms with Crippen LogP contribution in [0.3, 0.4) is 0 Å². The lowest BCUT2D eigenvalue weighted by Gasteiger charge is -2.10. The molecule has 9 heteroatoms. The van der Waals surface area contributed by atoms with Crippen LogP contribution in [0.15, 0.2) is 54.6 Å². The van der Waals surface area contributed by atoms with E-state index in [-0.39, 0.29) is 27.7 Å². The number of benzene rings is 3. The van der Waals surface area contributed by atoms with Gasteiger partial charge in [-0.2, -0.15) is 0 Å². The average Bonchev–Trinajstić information content (AvgIpc) is 2.83. The molecule has 30 heavy (non-hydrogen) atoms. The van der Waals surface area contributed by atoms with E-state index >= 15 is 0 Å². The molecule has 3 aromatic carbocycles. The van der Waals surface area contributed by atoms with Gasteiger partial charge in [0, 0.05) is 17.8 Å². The number of fused-ring (bicyclic) bond motifs is 2. The number of ether oxygens (including phenoxy) is 1. The molecule has 8 nitrogen and oxygen atoms in total. The van der Waals surface area contributed by atoms with E-state index in [0.717, 1.165) is 11.6 Å². The SMILES string of the molecule is Cc1ccc2c(c1)NC(=O)c1cc(NC(=O)c3cc([N+](=O)[O-])ccc3Cl)ccc1O2. The van der Waals surface area contributed by atoms with Gasteiger partial charge >= 0.3 is 0 Å². The number of rotatable bonds is 3. The van der Waals surface area contributed by atoms with Crippen molar-refractivity contribution in [1.82, 2.24) is 0 Å². The van der Waals surface area contributed by atoms with E-state index < -0.39 is 10.8 Å². The van der Waals surface area contributed by atoms with E-state index in [1.54, 1.807) is 24.3 Å². The highest BCUT2D eigenvalue weighted by Gasteiger charge is 2.22. The number of amides is 2. The third kappa shape index (κ3) is 3.68. The van der Waals surface area contributed by atoms with Crippen LogP contribution in [0.4, 0.5) is 17.1 Å². The second kappa shape index (κ2) is 7.49. The lowest BCUT2D eigenvalue weighted by atomic mass is 10.1. The highest BCUT2D eigenvalue weighted by molar-refractivity contribution is 6.34. The van der Waals surface area contributed by atoms with Crippen molar-refractivity contribution in [2.24, 2.45) is 0 Å². The van der Waals surface area contributed by atoms with E-state index in [9.17, 15) is 19.7 Å². The summed E-state index contributed by atoms with van der Waals surface area (Å²) in [4.78, 5) is 35.6. The highest BCUT2D eigenvalue weighted by Crippen LogP contribution is 2.37. The number of carbonyl (C=O) groups excluding carboxylic acids is 2. The van der Waals surface area contributed by atoms with Crippen molar-refractivity contribution in [3.63, 3.8) is 0 Å². The Balaban J connectivity index is 1.63. The van der Waals surface area contributed by atoms with Gasteiger partial charge in [0.05, 0.1) is 26.8 Å². The molecule has 0 unspecified atom stereocenters. The third-order valence-electron chi connectivity index (χ3n) is 4.49. The molecule has 0 saturated heterocycles. The van der Waals surface area contributed by atoms with Crippen LogP contribution in [-0.2, 0) is 0 Å². The molecular formula is C21H14ClN3O5. The zero-order valence-corrected chi connectivity index (χ0v) is 16.3. The zero-order valence-electron chi connectivity index (χ0n) is 15.6. The third-order valence-corrected chi connectivity index (χ3v) is 4.82. The zero-order chi connectivity index (χ0) is 21.4. The van der Waals surface area contributed by atoms with Gasteiger partial charge in [0.2, 0.25) is 0 Å². The molecule has 2 amide bonds. The molecule has 1 aliphatic heterocycles. The number of halogens is 1. The minimum Gasteiger partial charge on any atom is -0.454 e. The lowest BCUT2D eigenvalue weighted by Crippen LogP contribution is -2.15. The normalized spacial score (nSPS) is 12.0. The fraction of sp³-hybridized carbons (Fsp3) is 0.0476. The smallest absolute Gasteiger partial charge is 0.270 e. The summed E-state index contributed by atoms with van der Waals surface area (Å²) in [5.41, 5.74) is 1.74. The van der Waals surface area contributed by atoms with Gasteiger partial charge in [0.15, 0.2) is 5.75 Å². The van der Waals surface area contributed by atoms with Crippen LogP contribution in [-0.4, -0.2) is 16.7 Å². The maximum Gasteiger partial charge on any atom is 0.270 e. The second-order valence-electron chi connectivity index (χ2n) is 6.64. The van der Waals surface area contributed by atoms with Gasteiger partial charge in [-0.1, -0.05) is 17.7 Å². The summed E-state index contributed by atoms with van der Waals surface area (Å²) < 4.78 is 5.84. The molecule has 0 atom stereocenters. The van der Waals surface area contributed by atoms with Crippen molar-refractivity contribution < 1.29 is 19.2 Å². The first-order valence-electron chi connectivity index (χ1n) is 8.81. The molecular weight excluding hydrogens is 410 g/mol. The van der Waals surface area contributed by atoms with Crippen LogP contribution in [0.2, 0.25) is 5.02 Å². The first kappa shape index (κ1) is 19.4. The largest absolute Gasteiger partial charge is 0.454 e. The van der Waals surface area contributed by atoms with Crippen molar-refractivity contribution in [3.05, 3.63) is 86.4 Å². The van der Waals surface area contributed by atoms with Crippen molar-refractivity contribution in [3.8, 4) is 11.5 Å². The summed E-state index contributed by atoms with van der Waals surface area (Å²) in [6.45, 7) is 1.90. The van der Waals surface area contributed by atoms with Crippen LogP contribution in [0.1, 0.15) is 26.3 Å². The quantitative estimate of drug-likeness (QED) is 0.446. The molecule has 0 aliphatic carbocycles. The number of hydrogen-bond donors (Lipinski definition) is 2. The van der Waals surface area contributed by atoms with E-state index in [0.29, 0.717) is 22.9 Å². The predicted molar refractivity (Wildman–Crippen MR) is 112 cm³/mol. The standard InChI is InChI=1S/C21H14ClN3O5/c1-11-2-6-19-17(8-11)24-21(27)15-9-12(3-7-18(15)30-19)23-20(26)14-10-13(25(28)29)4-5-16(14)22/h2-10H,1H3,(H,23,26)(H,24,27). The van der Waals surface area contributed by atoms with Crippen LogP contribution >= 0.6 is 11.6 Å². The summed E-state index contributed by atoms with van der Waals surface area (Å²) in [6.07, 6.45) is 0. The molecule has 0 spiro atoms. The Bertz CT molecular complexity index is 1230. The number of hydrogen-bond acceptors (Lipinski definition) is 5. The Hall–Kier alpha value is -3.91. The summed E-state index contributed by atoms with van der Waals surface area (Å²) in [5.74, 6) is -0.189. The van der Waals surface area contributed by atoms with Gasteiger partial charge in [-0.05, 0) is 48.9 Å². The van der Waals surface area contributed by atoms with Gasteiger partial charge in [-0.15, -0.1) is 0 Å². The molecule has 0 saturated carbocycles. The first-order chi connectivity index (χ1) is 14.3. The summed E-state index contributed by atoms with van der Waals surface area (Å²) in [5, 5.41) is 16.4. The lowest BCUT2D eigenvalue weighted by molar-refractivity contribution is -0.384. The Morgan fingerprint density at radius 2 is 1.87 bits per heavy atom. The van der Waals surface area contributed by atoms with Gasteiger partial charge in [0.1, 0.15) is 5.75 Å². The van der Waals surface area contributed by atoms with E-state index in [4.69, 9.17) is 16.3 Å². The van der Waals surface area contributed by atoms with Crippen LogP contribution in [0.25, 0.3) is 0 Å². The Kier molecular flexibility index (Phi) is 4.85. The number of nitrogens with one attached hydrogen (secondary N) is 2. The monoisotopic (exact) mass is 423 g/mol. The van der Waals surface area contributed by atoms with Gasteiger partial charge in [0.25, 0.3) is 17.5 Å². The molecule has 3 aromatic rings. The highest BCUT2D eigenvalue weighted by atomic mass is 35.5. The summed E-state index contributed by atoms with van der Waals surface area (Å²) >= 11 is 6.02. The maximum absolute atomic E-state index is 12.7. The number of anilines is 2. The second-order valence-corrected chi connectivity index (χ2v) is 7.05. The summed E-state index contributed by atoms with van der Waals surface area (Å²) in [7, 11) is 0. The summed E-state index contributed by atoms with van der Waals surface area (Å²) in [6, 6.07) is 13.6. The van der Waals surface area contributed by atoms with Gasteiger partial charge in [-0.25, -0.2) is 0 Å². The number of carbonyl (C=O) groups is 2. The van der Waals surface area contributed by atoms with Crippen molar-refractivity contribution in [1.29, 1.82) is 0 Å². The Morgan fingerprint density at radius 1 is 1.10 bits per heavy atom. The fourth-order valence-electron chi connectivity index (χ4n) is 3.01. The molecule has 1 heterocycles. The molecule has 0 fully saturated rings. The Morgan fingerprint density at radius 3 is 2.63 bits per heavy atom. The molecule has 0 bridgehead atoms. The molecule has 0 radical (unpaired) electrons. The maximum atomic E-state index is 12.7. The van der Waals surface area contributed by atoms with Crippen LogP contribution < -0.4 is 15.4 Å². The number of aryl methyl sites for hydroxylation is 1. The van der Waals surface area contributed by atoms with Gasteiger partial charge in [-0.3, -0.25) is 19.7 Å². The van der Waals surface area contributed by atoms with E-state index in [1.807, 2.05) is 13.0 Å². The van der Waals surface area contributed by atoms with E-state index in [2.05, 4.69) is 10.6 Å². The first-order valence-corrected chi connectivity index (χ1v) is 9.19. The average molecular weight is 424 g/mol. The Labute approximate surface area is 175 Å². The molecule has 2 N–H and O–H groups in total. The van der Waals surface area contributed by atoms with E-state index in [1.165, 1.54) is 18.2 Å². The van der Waals surface area contributed by atoms with Gasteiger partial charge < -0.3 is 15.4 Å². The minimum absolute atomic E-state index is 0.0515. The van der Waals surface area contributed by atoms with Crippen LogP contribution in [0, 0.1) is 17.0 Å². The number of nitro groups is 1. The topological polar surface area (TPSA) is 111 Å². The van der Waals surface area contributed by atoms with Crippen molar-refractivity contribution in [2.45, 2.75) is 6.92 Å². The fourth-order valence-corrected chi connectivity index (χ4v) is 3.22. The predicted octanol–water partition coefficient (Wildman–Crippen LogP) is 5.17. The molecule has 4 rings (SSSR count). The number of nitro benzene ring substituents is 1. The molecule has 0 aromatic heterocycles. The molecule has 150 valence electrons. The number of nitrogens with zero attached hydrogens (tertiary/aromatic N) is 1. The minimum atomic E-state index is -0.641. The molecule has 1 aliphatic rings. The number of non-ortho nitro benzene ring substituents is 1. The van der Waals surface area contributed by atoms with Crippen molar-refractivity contribution in [2.75, 3.05) is 10.6 Å².